The van der Waals surface area contributed by atoms with Crippen LogP contribution in [0.2, 0.25) is 5.02 Å². The normalized spacial score (nSPS) is 10.6. The zero-order valence-electron chi connectivity index (χ0n) is 15.2. The molecule has 0 radical (unpaired) electrons. The third-order valence-corrected chi connectivity index (χ3v) is 4.75. The van der Waals surface area contributed by atoms with Crippen LogP contribution < -0.4 is 4.90 Å². The van der Waals surface area contributed by atoms with Crippen molar-refractivity contribution in [1.82, 2.24) is 15.0 Å². The van der Waals surface area contributed by atoms with E-state index in [1.54, 1.807) is 35.0 Å². The van der Waals surface area contributed by atoms with Crippen LogP contribution in [0.3, 0.4) is 0 Å². The molecule has 0 saturated carbocycles. The number of carbonyl (C=O) groups excluding carboxylic acids is 1. The smallest absolute Gasteiger partial charge is 0.258 e. The fraction of sp³-hybridized carbons (Fsp3) is 0.0455. The Balaban J connectivity index is 1.60. The number of benzene rings is 3. The summed E-state index contributed by atoms with van der Waals surface area (Å²) < 4.78 is 1.73. The highest BCUT2D eigenvalue weighted by Crippen LogP contribution is 2.24. The van der Waals surface area contributed by atoms with Crippen molar-refractivity contribution in [3.63, 3.8) is 0 Å². The second-order valence-electron chi connectivity index (χ2n) is 6.28. The average molecular weight is 389 g/mol. The number of hydrogen-bond donors (Lipinski definition) is 0. The van der Waals surface area contributed by atoms with Gasteiger partial charge in [-0.1, -0.05) is 47.1 Å². The Morgan fingerprint density at radius 3 is 2.29 bits per heavy atom. The summed E-state index contributed by atoms with van der Waals surface area (Å²) in [5.41, 5.74) is 4.07. The third kappa shape index (κ3) is 3.52. The number of nitrogens with zero attached hydrogens (tertiary/aromatic N) is 4. The van der Waals surface area contributed by atoms with E-state index in [1.165, 1.54) is 0 Å². The summed E-state index contributed by atoms with van der Waals surface area (Å²) in [6, 6.07) is 24.4. The second-order valence-corrected chi connectivity index (χ2v) is 6.72. The zero-order chi connectivity index (χ0) is 19.5. The molecule has 5 nitrogen and oxygen atoms in total. The van der Waals surface area contributed by atoms with Crippen molar-refractivity contribution in [1.29, 1.82) is 0 Å². The quantitative estimate of drug-likeness (QED) is 0.501. The fourth-order valence-corrected chi connectivity index (χ4v) is 3.08. The summed E-state index contributed by atoms with van der Waals surface area (Å²) in [6.45, 7) is 0. The molecule has 0 aliphatic carbocycles. The first-order valence-corrected chi connectivity index (χ1v) is 9.11. The molecule has 3 aromatic carbocycles. The van der Waals surface area contributed by atoms with E-state index >= 15 is 0 Å². The Kier molecular flexibility index (Phi) is 4.91. The topological polar surface area (TPSA) is 51.0 Å². The number of rotatable bonds is 4. The Morgan fingerprint density at radius 2 is 1.61 bits per heavy atom. The van der Waals surface area contributed by atoms with Crippen LogP contribution in [0.1, 0.15) is 10.4 Å². The van der Waals surface area contributed by atoms with Gasteiger partial charge >= 0.3 is 0 Å². The minimum Gasteiger partial charge on any atom is -0.311 e. The number of para-hydroxylation sites is 1. The lowest BCUT2D eigenvalue weighted by atomic mass is 10.1. The van der Waals surface area contributed by atoms with Crippen molar-refractivity contribution in [2.24, 2.45) is 0 Å². The van der Waals surface area contributed by atoms with E-state index in [4.69, 9.17) is 11.6 Å². The molecule has 4 aromatic rings. The molecule has 0 fully saturated rings. The van der Waals surface area contributed by atoms with E-state index < -0.39 is 0 Å². The third-order valence-electron chi connectivity index (χ3n) is 4.50. The van der Waals surface area contributed by atoms with Gasteiger partial charge in [-0.05, 0) is 48.5 Å². The van der Waals surface area contributed by atoms with Crippen molar-refractivity contribution >= 4 is 23.2 Å². The Morgan fingerprint density at radius 1 is 0.929 bits per heavy atom. The molecule has 1 heterocycles. The highest BCUT2D eigenvalue weighted by Gasteiger charge is 2.14. The molecule has 1 aromatic heterocycles. The van der Waals surface area contributed by atoms with Gasteiger partial charge in [-0.2, -0.15) is 0 Å². The van der Waals surface area contributed by atoms with Crippen LogP contribution >= 0.6 is 11.6 Å². The summed E-state index contributed by atoms with van der Waals surface area (Å²) in [5.74, 6) is -0.0748. The molecule has 0 aliphatic heterocycles. The molecule has 0 bridgehead atoms. The first-order chi connectivity index (χ1) is 13.6. The number of amides is 1. The molecule has 0 atom stereocenters. The van der Waals surface area contributed by atoms with Gasteiger partial charge in [0.2, 0.25) is 0 Å². The maximum Gasteiger partial charge on any atom is 0.258 e. The fourth-order valence-electron chi connectivity index (χ4n) is 2.95. The number of carbonyl (C=O) groups is 1. The monoisotopic (exact) mass is 388 g/mol. The van der Waals surface area contributed by atoms with E-state index in [0.717, 1.165) is 22.6 Å². The standard InChI is InChI=1S/C22H17ClN4O/c1-26(19-5-3-2-4-6-19)22(28)17-9-13-20(14-10-17)27-21(15-24-25-27)16-7-11-18(23)12-8-16/h2-15H,1H3. The Bertz CT molecular complexity index is 1090. The maximum atomic E-state index is 12.7. The van der Waals surface area contributed by atoms with Crippen LogP contribution in [0.5, 0.6) is 0 Å². The van der Waals surface area contributed by atoms with E-state index in [1.807, 2.05) is 66.7 Å². The molecular weight excluding hydrogens is 372 g/mol. The van der Waals surface area contributed by atoms with Crippen molar-refractivity contribution in [2.75, 3.05) is 11.9 Å². The van der Waals surface area contributed by atoms with Gasteiger partial charge in [-0.25, -0.2) is 4.68 Å². The maximum absolute atomic E-state index is 12.7. The van der Waals surface area contributed by atoms with Gasteiger partial charge < -0.3 is 4.90 Å². The van der Waals surface area contributed by atoms with Crippen molar-refractivity contribution in [2.45, 2.75) is 0 Å². The molecular formula is C22H17ClN4O. The molecule has 0 unspecified atom stereocenters. The van der Waals surface area contributed by atoms with Gasteiger partial charge in [0.15, 0.2) is 0 Å². The van der Waals surface area contributed by atoms with Gasteiger partial charge in [-0.15, -0.1) is 5.10 Å². The van der Waals surface area contributed by atoms with Crippen LogP contribution in [0, 0.1) is 0 Å². The Hall–Kier alpha value is -3.44. The highest BCUT2D eigenvalue weighted by atomic mass is 35.5. The zero-order valence-corrected chi connectivity index (χ0v) is 15.9. The molecule has 1 amide bonds. The minimum atomic E-state index is -0.0748. The molecule has 0 N–H and O–H groups in total. The number of aromatic nitrogens is 3. The average Bonchev–Trinajstić information content (AvgIpc) is 3.24. The second kappa shape index (κ2) is 7.66. The van der Waals surface area contributed by atoms with Crippen molar-refractivity contribution in [3.05, 3.63) is 95.6 Å². The molecule has 138 valence electrons. The lowest BCUT2D eigenvalue weighted by molar-refractivity contribution is 0.0993. The van der Waals surface area contributed by atoms with Crippen LogP contribution in [-0.2, 0) is 0 Å². The van der Waals surface area contributed by atoms with Crippen LogP contribution in [0.25, 0.3) is 16.9 Å². The predicted molar refractivity (Wildman–Crippen MR) is 111 cm³/mol. The SMILES string of the molecule is CN(C(=O)c1ccc(-n2nncc2-c2ccc(Cl)cc2)cc1)c1ccccc1. The summed E-state index contributed by atoms with van der Waals surface area (Å²) in [7, 11) is 1.77. The lowest BCUT2D eigenvalue weighted by Crippen LogP contribution is -2.26. The van der Waals surface area contributed by atoms with E-state index in [2.05, 4.69) is 10.3 Å². The molecule has 6 heteroatoms. The summed E-state index contributed by atoms with van der Waals surface area (Å²) in [6.07, 6.45) is 1.70. The van der Waals surface area contributed by atoms with Crippen molar-refractivity contribution < 1.29 is 4.79 Å². The molecule has 0 spiro atoms. The lowest BCUT2D eigenvalue weighted by Gasteiger charge is -2.17. The van der Waals surface area contributed by atoms with Crippen molar-refractivity contribution in [3.8, 4) is 16.9 Å². The molecule has 0 saturated heterocycles. The number of halogens is 1. The largest absolute Gasteiger partial charge is 0.311 e. The first-order valence-electron chi connectivity index (χ1n) is 8.74. The molecule has 0 aliphatic rings. The first kappa shape index (κ1) is 17.9. The van der Waals surface area contributed by atoms with E-state index in [9.17, 15) is 4.79 Å². The summed E-state index contributed by atoms with van der Waals surface area (Å²) >= 11 is 5.97. The van der Waals surface area contributed by atoms with Crippen LogP contribution in [0.4, 0.5) is 5.69 Å². The van der Waals surface area contributed by atoms with Gasteiger partial charge in [0.25, 0.3) is 5.91 Å². The van der Waals surface area contributed by atoms with Crippen LogP contribution in [-0.4, -0.2) is 27.9 Å². The number of hydrogen-bond acceptors (Lipinski definition) is 3. The minimum absolute atomic E-state index is 0.0748. The number of anilines is 1. The summed E-state index contributed by atoms with van der Waals surface area (Å²) in [5, 5.41) is 8.88. The van der Waals surface area contributed by atoms with Gasteiger partial charge in [0.05, 0.1) is 17.6 Å². The van der Waals surface area contributed by atoms with Gasteiger partial charge in [0, 0.05) is 28.9 Å². The van der Waals surface area contributed by atoms with E-state index in [-0.39, 0.29) is 5.91 Å². The molecule has 28 heavy (non-hydrogen) atoms. The molecule has 4 rings (SSSR count). The summed E-state index contributed by atoms with van der Waals surface area (Å²) in [4.78, 5) is 14.4. The van der Waals surface area contributed by atoms with Gasteiger partial charge in [0.1, 0.15) is 0 Å². The predicted octanol–water partition coefficient (Wildman–Crippen LogP) is 4.86. The van der Waals surface area contributed by atoms with E-state index in [0.29, 0.717) is 10.6 Å². The van der Waals surface area contributed by atoms with Crippen LogP contribution in [0.15, 0.2) is 85.1 Å². The Labute approximate surface area is 167 Å². The highest BCUT2D eigenvalue weighted by molar-refractivity contribution is 6.30. The van der Waals surface area contributed by atoms with Gasteiger partial charge in [-0.3, -0.25) is 4.79 Å².